The van der Waals surface area contributed by atoms with Gasteiger partial charge in [0.25, 0.3) is 0 Å². The highest BCUT2D eigenvalue weighted by atomic mass is 16.5. The van der Waals surface area contributed by atoms with Crippen molar-refractivity contribution in [2.75, 3.05) is 91.0 Å². The number of benzene rings is 1. The molecule has 7 heteroatoms. The molecular weight excluding hydrogens is 376 g/mol. The van der Waals surface area contributed by atoms with Crippen LogP contribution in [-0.2, 0) is 0 Å². The zero-order chi connectivity index (χ0) is 21.3. The van der Waals surface area contributed by atoms with Crippen LogP contribution in [0.4, 0.5) is 5.69 Å². The lowest BCUT2D eigenvalue weighted by molar-refractivity contribution is 0.140. The maximum absolute atomic E-state index is 5.55. The standard InChI is InChI=1S/C23H40N6O/c1-5-24-23(25-18-20(2)19-27-12-10-26(3)11-13-27)29-16-14-28(15-17-29)21-8-6-7-9-22(21)30-4/h6-9,20H,5,10-19H2,1-4H3,(H,24,25). The van der Waals surface area contributed by atoms with Crippen molar-refractivity contribution in [1.82, 2.24) is 20.0 Å². The minimum Gasteiger partial charge on any atom is -0.495 e. The monoisotopic (exact) mass is 416 g/mol. The molecule has 2 saturated heterocycles. The summed E-state index contributed by atoms with van der Waals surface area (Å²) < 4.78 is 5.55. The number of aliphatic imine (C=N–C) groups is 1. The number of anilines is 1. The van der Waals surface area contributed by atoms with Crippen LogP contribution in [-0.4, -0.2) is 107 Å². The van der Waals surface area contributed by atoms with Crippen LogP contribution < -0.4 is 15.0 Å². The maximum Gasteiger partial charge on any atom is 0.194 e. The number of nitrogens with one attached hydrogen (secondary N) is 1. The van der Waals surface area contributed by atoms with Gasteiger partial charge in [-0.15, -0.1) is 0 Å². The van der Waals surface area contributed by atoms with Crippen LogP contribution in [0.3, 0.4) is 0 Å². The van der Waals surface area contributed by atoms with Crippen molar-refractivity contribution in [2.24, 2.45) is 10.9 Å². The predicted octanol–water partition coefficient (Wildman–Crippen LogP) is 1.67. The molecule has 2 fully saturated rings. The van der Waals surface area contributed by atoms with Crippen molar-refractivity contribution < 1.29 is 4.74 Å². The predicted molar refractivity (Wildman–Crippen MR) is 126 cm³/mol. The molecule has 0 saturated carbocycles. The van der Waals surface area contributed by atoms with Crippen molar-refractivity contribution in [3.05, 3.63) is 24.3 Å². The molecule has 2 heterocycles. The summed E-state index contributed by atoms with van der Waals surface area (Å²) in [5.41, 5.74) is 1.18. The van der Waals surface area contributed by atoms with Crippen molar-refractivity contribution in [2.45, 2.75) is 13.8 Å². The van der Waals surface area contributed by atoms with Crippen molar-refractivity contribution in [3.8, 4) is 5.75 Å². The number of hydrogen-bond acceptors (Lipinski definition) is 5. The highest BCUT2D eigenvalue weighted by molar-refractivity contribution is 5.80. The summed E-state index contributed by atoms with van der Waals surface area (Å²) in [7, 11) is 3.95. The Kier molecular flexibility index (Phi) is 8.63. The lowest BCUT2D eigenvalue weighted by Crippen LogP contribution is -2.52. The zero-order valence-corrected chi connectivity index (χ0v) is 19.3. The Morgan fingerprint density at radius 3 is 2.43 bits per heavy atom. The Balaban J connectivity index is 1.52. The van der Waals surface area contributed by atoms with Gasteiger partial charge < -0.3 is 29.7 Å². The number of methoxy groups -OCH3 is 1. The van der Waals surface area contributed by atoms with E-state index in [9.17, 15) is 0 Å². The van der Waals surface area contributed by atoms with Crippen LogP contribution in [0.5, 0.6) is 5.75 Å². The minimum atomic E-state index is 0.567. The second-order valence-corrected chi connectivity index (χ2v) is 8.55. The molecule has 3 rings (SSSR count). The van der Waals surface area contributed by atoms with Gasteiger partial charge in [0.15, 0.2) is 5.96 Å². The van der Waals surface area contributed by atoms with Crippen LogP contribution in [0, 0.1) is 5.92 Å². The molecule has 1 aromatic carbocycles. The summed E-state index contributed by atoms with van der Waals surface area (Å²) in [4.78, 5) is 14.8. The molecule has 0 aromatic heterocycles. The molecule has 168 valence electrons. The highest BCUT2D eigenvalue weighted by Gasteiger charge is 2.22. The average Bonchev–Trinajstić information content (AvgIpc) is 2.78. The van der Waals surface area contributed by atoms with Gasteiger partial charge >= 0.3 is 0 Å². The second kappa shape index (κ2) is 11.4. The summed E-state index contributed by atoms with van der Waals surface area (Å²) >= 11 is 0. The van der Waals surface area contributed by atoms with Gasteiger partial charge in [-0.3, -0.25) is 4.99 Å². The lowest BCUT2D eigenvalue weighted by atomic mass is 10.1. The minimum absolute atomic E-state index is 0.567. The summed E-state index contributed by atoms with van der Waals surface area (Å²) in [6.45, 7) is 16.0. The molecule has 0 aliphatic carbocycles. The number of likely N-dealkylation sites (N-methyl/N-ethyl adjacent to an activating group) is 1. The van der Waals surface area contributed by atoms with E-state index in [4.69, 9.17) is 9.73 Å². The quantitative estimate of drug-likeness (QED) is 0.539. The smallest absolute Gasteiger partial charge is 0.194 e. The Morgan fingerprint density at radius 1 is 1.07 bits per heavy atom. The Hall–Kier alpha value is -1.99. The van der Waals surface area contributed by atoms with Crippen LogP contribution >= 0.6 is 0 Å². The molecule has 1 aromatic rings. The molecule has 7 nitrogen and oxygen atoms in total. The molecule has 0 spiro atoms. The molecule has 30 heavy (non-hydrogen) atoms. The fourth-order valence-electron chi connectivity index (χ4n) is 4.25. The van der Waals surface area contributed by atoms with Gasteiger partial charge in [-0.25, -0.2) is 0 Å². The largest absolute Gasteiger partial charge is 0.495 e. The lowest BCUT2D eigenvalue weighted by Gasteiger charge is -2.38. The van der Waals surface area contributed by atoms with Crippen LogP contribution in [0.25, 0.3) is 0 Å². The first-order chi connectivity index (χ1) is 14.6. The van der Waals surface area contributed by atoms with E-state index in [1.807, 2.05) is 12.1 Å². The molecule has 0 bridgehead atoms. The van der Waals surface area contributed by atoms with Crippen molar-refractivity contribution in [3.63, 3.8) is 0 Å². The van der Waals surface area contributed by atoms with Crippen LogP contribution in [0.1, 0.15) is 13.8 Å². The van der Waals surface area contributed by atoms with Gasteiger partial charge in [0.2, 0.25) is 0 Å². The molecule has 1 N–H and O–H groups in total. The van der Waals surface area contributed by atoms with Gasteiger partial charge in [0.1, 0.15) is 5.75 Å². The van der Waals surface area contributed by atoms with E-state index in [0.717, 1.165) is 57.5 Å². The fraction of sp³-hybridized carbons (Fsp3) is 0.696. The average molecular weight is 417 g/mol. The second-order valence-electron chi connectivity index (χ2n) is 8.55. The zero-order valence-electron chi connectivity index (χ0n) is 19.3. The third-order valence-electron chi connectivity index (χ3n) is 6.06. The molecule has 2 aliphatic heterocycles. The summed E-state index contributed by atoms with van der Waals surface area (Å²) in [5.74, 6) is 2.57. The van der Waals surface area contributed by atoms with E-state index in [1.54, 1.807) is 7.11 Å². The summed E-state index contributed by atoms with van der Waals surface area (Å²) in [6.07, 6.45) is 0. The van der Waals surface area contributed by atoms with Crippen LogP contribution in [0.15, 0.2) is 29.3 Å². The number of ether oxygens (including phenoxy) is 1. The Bertz CT molecular complexity index is 665. The number of rotatable bonds is 7. The first-order valence-electron chi connectivity index (χ1n) is 11.4. The summed E-state index contributed by atoms with van der Waals surface area (Å²) in [5, 5.41) is 3.51. The van der Waals surface area contributed by atoms with Crippen molar-refractivity contribution >= 4 is 11.6 Å². The number of hydrogen-bond donors (Lipinski definition) is 1. The first kappa shape index (κ1) is 22.7. The van der Waals surface area contributed by atoms with E-state index in [2.05, 4.69) is 57.9 Å². The number of nitrogens with zero attached hydrogens (tertiary/aromatic N) is 5. The van der Waals surface area contributed by atoms with E-state index in [1.165, 1.54) is 31.9 Å². The fourth-order valence-corrected chi connectivity index (χ4v) is 4.25. The number of para-hydroxylation sites is 2. The topological polar surface area (TPSA) is 46.6 Å². The van der Waals surface area contributed by atoms with Crippen molar-refractivity contribution in [1.29, 1.82) is 0 Å². The summed E-state index contributed by atoms with van der Waals surface area (Å²) in [6, 6.07) is 8.29. The van der Waals surface area contributed by atoms with E-state index >= 15 is 0 Å². The molecule has 1 atom stereocenters. The normalized spacial score (nSPS) is 20.3. The van der Waals surface area contributed by atoms with Gasteiger partial charge in [0.05, 0.1) is 12.8 Å². The maximum atomic E-state index is 5.55. The molecule has 0 radical (unpaired) electrons. The van der Waals surface area contributed by atoms with E-state index < -0.39 is 0 Å². The SMILES string of the molecule is CCNC(=NCC(C)CN1CCN(C)CC1)N1CCN(c2ccccc2OC)CC1. The third-order valence-corrected chi connectivity index (χ3v) is 6.06. The molecular formula is C23H40N6O. The van der Waals surface area contributed by atoms with Gasteiger partial charge in [0, 0.05) is 72.0 Å². The van der Waals surface area contributed by atoms with Gasteiger partial charge in [-0.1, -0.05) is 19.1 Å². The van der Waals surface area contributed by atoms with Gasteiger partial charge in [-0.2, -0.15) is 0 Å². The van der Waals surface area contributed by atoms with Gasteiger partial charge in [-0.05, 0) is 32.0 Å². The van der Waals surface area contributed by atoms with Crippen LogP contribution in [0.2, 0.25) is 0 Å². The highest BCUT2D eigenvalue weighted by Crippen LogP contribution is 2.28. The first-order valence-corrected chi connectivity index (χ1v) is 11.4. The molecule has 2 aliphatic rings. The van der Waals surface area contributed by atoms with E-state index in [-0.39, 0.29) is 0 Å². The number of piperazine rings is 2. The van der Waals surface area contributed by atoms with E-state index in [0.29, 0.717) is 5.92 Å². The number of guanidine groups is 1. The third kappa shape index (κ3) is 6.25. The molecule has 0 amide bonds. The molecule has 1 unspecified atom stereocenters. The Labute approximate surface area is 182 Å². The Morgan fingerprint density at radius 2 is 1.77 bits per heavy atom.